The second-order valence-corrected chi connectivity index (χ2v) is 5.66. The summed E-state index contributed by atoms with van der Waals surface area (Å²) in [7, 11) is 0. The molecule has 0 aliphatic carbocycles. The van der Waals surface area contributed by atoms with Crippen molar-refractivity contribution in [1.29, 1.82) is 0 Å². The van der Waals surface area contributed by atoms with Gasteiger partial charge in [0.05, 0.1) is 0 Å². The third kappa shape index (κ3) is 3.40. The maximum absolute atomic E-state index is 12.0. The maximum atomic E-state index is 12.0. The van der Waals surface area contributed by atoms with Crippen LogP contribution in [0.3, 0.4) is 0 Å². The van der Waals surface area contributed by atoms with Crippen molar-refractivity contribution in [3.63, 3.8) is 0 Å². The largest absolute Gasteiger partial charge is 0.299 e. The van der Waals surface area contributed by atoms with Gasteiger partial charge in [0.1, 0.15) is 5.78 Å². The van der Waals surface area contributed by atoms with Gasteiger partial charge in [-0.15, -0.1) is 0 Å². The number of Topliss-reactive ketones (excluding diaryl/α,β-unsaturated/α-hetero) is 1. The van der Waals surface area contributed by atoms with E-state index >= 15 is 0 Å². The van der Waals surface area contributed by atoms with E-state index in [1.54, 1.807) is 0 Å². The van der Waals surface area contributed by atoms with Crippen molar-refractivity contribution in [3.8, 4) is 0 Å². The highest BCUT2D eigenvalue weighted by atomic mass is 16.2. The summed E-state index contributed by atoms with van der Waals surface area (Å²) in [4.78, 5) is 36.5. The fraction of sp³-hybridized carbons (Fsp3) is 0.786. The van der Waals surface area contributed by atoms with Crippen molar-refractivity contribution >= 4 is 17.6 Å². The number of hydrogen-bond acceptors (Lipinski definition) is 3. The van der Waals surface area contributed by atoms with Gasteiger partial charge < -0.3 is 0 Å². The number of ketones is 1. The Morgan fingerprint density at radius 2 is 1.89 bits per heavy atom. The van der Waals surface area contributed by atoms with E-state index in [0.717, 1.165) is 0 Å². The second-order valence-electron chi connectivity index (χ2n) is 5.66. The van der Waals surface area contributed by atoms with Crippen LogP contribution in [0.2, 0.25) is 0 Å². The summed E-state index contributed by atoms with van der Waals surface area (Å²) in [5, 5.41) is 0. The van der Waals surface area contributed by atoms with Crippen LogP contribution in [-0.2, 0) is 14.4 Å². The van der Waals surface area contributed by atoms with Crippen molar-refractivity contribution in [2.24, 2.45) is 17.8 Å². The van der Waals surface area contributed by atoms with Crippen molar-refractivity contribution < 1.29 is 14.4 Å². The Bertz CT molecular complexity index is 347. The Kier molecular flexibility index (Phi) is 5.05. The Hall–Kier alpha value is -1.19. The van der Waals surface area contributed by atoms with Crippen molar-refractivity contribution in [1.82, 2.24) is 4.90 Å². The highest BCUT2D eigenvalue weighted by Gasteiger charge is 2.39. The van der Waals surface area contributed by atoms with Crippen molar-refractivity contribution in [2.75, 3.05) is 6.54 Å². The molecule has 102 valence electrons. The third-order valence-corrected chi connectivity index (χ3v) is 3.53. The first-order valence-electron chi connectivity index (χ1n) is 6.71. The van der Waals surface area contributed by atoms with Gasteiger partial charge in [0.25, 0.3) is 0 Å². The third-order valence-electron chi connectivity index (χ3n) is 3.53. The summed E-state index contributed by atoms with van der Waals surface area (Å²) >= 11 is 0. The van der Waals surface area contributed by atoms with Crippen LogP contribution in [0, 0.1) is 17.8 Å². The quantitative estimate of drug-likeness (QED) is 0.680. The average molecular weight is 253 g/mol. The van der Waals surface area contributed by atoms with E-state index in [4.69, 9.17) is 0 Å². The molecule has 0 bridgehead atoms. The Morgan fingerprint density at radius 3 is 2.33 bits per heavy atom. The molecule has 4 nitrogen and oxygen atoms in total. The summed E-state index contributed by atoms with van der Waals surface area (Å²) in [5.74, 6) is 0.0950. The molecule has 0 aromatic carbocycles. The highest BCUT2D eigenvalue weighted by molar-refractivity contribution is 6.03. The van der Waals surface area contributed by atoms with Crippen LogP contribution < -0.4 is 0 Å². The molecular formula is C14H23NO3. The molecule has 0 aromatic rings. The van der Waals surface area contributed by atoms with Gasteiger partial charge in [-0.2, -0.15) is 0 Å². The first kappa shape index (κ1) is 14.9. The normalized spacial score (nSPS) is 20.3. The van der Waals surface area contributed by atoms with Gasteiger partial charge in [-0.1, -0.05) is 27.7 Å². The molecule has 1 aliphatic rings. The average Bonchev–Trinajstić information content (AvgIpc) is 2.56. The highest BCUT2D eigenvalue weighted by Crippen LogP contribution is 2.26. The van der Waals surface area contributed by atoms with Crippen LogP contribution in [0.15, 0.2) is 0 Å². The Balaban J connectivity index is 2.46. The molecule has 0 N–H and O–H groups in total. The number of nitrogens with zero attached hydrogens (tertiary/aromatic N) is 1. The van der Waals surface area contributed by atoms with Crippen LogP contribution in [0.1, 0.15) is 47.0 Å². The predicted molar refractivity (Wildman–Crippen MR) is 68.7 cm³/mol. The lowest BCUT2D eigenvalue weighted by molar-refractivity contribution is -0.140. The zero-order chi connectivity index (χ0) is 13.9. The molecule has 2 amide bonds. The van der Waals surface area contributed by atoms with E-state index in [1.165, 1.54) is 4.90 Å². The number of carbonyl (C=O) groups excluding carboxylic acids is 3. The molecule has 1 atom stereocenters. The van der Waals surface area contributed by atoms with Gasteiger partial charge in [-0.3, -0.25) is 19.3 Å². The van der Waals surface area contributed by atoms with E-state index in [1.807, 2.05) is 27.7 Å². The van der Waals surface area contributed by atoms with Gasteiger partial charge in [0.15, 0.2) is 0 Å². The molecule has 0 aromatic heterocycles. The number of amides is 2. The van der Waals surface area contributed by atoms with Crippen LogP contribution in [-0.4, -0.2) is 29.0 Å². The molecule has 1 saturated heterocycles. The molecule has 18 heavy (non-hydrogen) atoms. The molecule has 0 spiro atoms. The number of carbonyl (C=O) groups is 3. The minimum atomic E-state index is -0.168. The topological polar surface area (TPSA) is 54.5 Å². The summed E-state index contributed by atoms with van der Waals surface area (Å²) in [6.07, 6.45) is 1.36. The molecular weight excluding hydrogens is 230 g/mol. The SMILES string of the molecule is CC(C)C(=O)CCCN1C(=O)CC(C(C)C)C1=O. The molecule has 4 heteroatoms. The summed E-state index contributed by atoms with van der Waals surface area (Å²) in [6.45, 7) is 8.04. The van der Waals surface area contributed by atoms with Crippen molar-refractivity contribution in [2.45, 2.75) is 47.0 Å². The van der Waals surface area contributed by atoms with E-state index in [-0.39, 0.29) is 35.4 Å². The first-order chi connectivity index (χ1) is 8.34. The van der Waals surface area contributed by atoms with E-state index in [9.17, 15) is 14.4 Å². The van der Waals surface area contributed by atoms with Crippen LogP contribution in [0.5, 0.6) is 0 Å². The second kappa shape index (κ2) is 6.12. The summed E-state index contributed by atoms with van der Waals surface area (Å²) in [5.41, 5.74) is 0. The molecule has 0 radical (unpaired) electrons. The standard InChI is InChI=1S/C14H23NO3/c1-9(2)11-8-13(17)15(14(11)18)7-5-6-12(16)10(3)4/h9-11H,5-8H2,1-4H3. The van der Waals surface area contributed by atoms with Crippen LogP contribution in [0.4, 0.5) is 0 Å². The van der Waals surface area contributed by atoms with E-state index < -0.39 is 0 Å². The summed E-state index contributed by atoms with van der Waals surface area (Å²) in [6, 6.07) is 0. The number of likely N-dealkylation sites (tertiary alicyclic amines) is 1. The first-order valence-corrected chi connectivity index (χ1v) is 6.71. The number of hydrogen-bond donors (Lipinski definition) is 0. The predicted octanol–water partition coefficient (Wildman–Crippen LogP) is 2.02. The molecule has 1 heterocycles. The van der Waals surface area contributed by atoms with Gasteiger partial charge in [0.2, 0.25) is 11.8 Å². The fourth-order valence-corrected chi connectivity index (χ4v) is 2.16. The smallest absolute Gasteiger partial charge is 0.233 e. The Labute approximate surface area is 109 Å². The lowest BCUT2D eigenvalue weighted by Crippen LogP contribution is -2.32. The molecule has 1 rings (SSSR count). The van der Waals surface area contributed by atoms with Crippen LogP contribution in [0.25, 0.3) is 0 Å². The summed E-state index contributed by atoms with van der Waals surface area (Å²) < 4.78 is 0. The van der Waals surface area contributed by atoms with Crippen molar-refractivity contribution in [3.05, 3.63) is 0 Å². The Morgan fingerprint density at radius 1 is 1.28 bits per heavy atom. The van der Waals surface area contributed by atoms with Gasteiger partial charge in [-0.25, -0.2) is 0 Å². The number of rotatable bonds is 6. The number of imide groups is 1. The van der Waals surface area contributed by atoms with Crippen LogP contribution >= 0.6 is 0 Å². The monoisotopic (exact) mass is 253 g/mol. The van der Waals surface area contributed by atoms with Gasteiger partial charge in [0, 0.05) is 31.2 Å². The lowest BCUT2D eigenvalue weighted by atomic mass is 9.94. The molecule has 1 unspecified atom stereocenters. The van der Waals surface area contributed by atoms with E-state index in [2.05, 4.69) is 0 Å². The zero-order valence-electron chi connectivity index (χ0n) is 11.7. The maximum Gasteiger partial charge on any atom is 0.233 e. The molecule has 0 saturated carbocycles. The molecule has 1 aliphatic heterocycles. The van der Waals surface area contributed by atoms with E-state index in [0.29, 0.717) is 25.8 Å². The lowest BCUT2D eigenvalue weighted by Gasteiger charge is -2.16. The fourth-order valence-electron chi connectivity index (χ4n) is 2.16. The minimum absolute atomic E-state index is 0.0263. The minimum Gasteiger partial charge on any atom is -0.299 e. The van der Waals surface area contributed by atoms with Gasteiger partial charge >= 0.3 is 0 Å². The van der Waals surface area contributed by atoms with Gasteiger partial charge in [-0.05, 0) is 12.3 Å². The molecule has 1 fully saturated rings. The zero-order valence-corrected chi connectivity index (χ0v) is 11.7.